The molecule has 0 radical (unpaired) electrons. The number of carbonyl (C=O) groups is 2. The molecule has 1 aromatic carbocycles. The summed E-state index contributed by atoms with van der Waals surface area (Å²) in [5.74, 6) is -1.38. The molecule has 0 bridgehead atoms. The van der Waals surface area contributed by atoms with E-state index in [0.717, 1.165) is 16.0 Å². The van der Waals surface area contributed by atoms with E-state index in [2.05, 4.69) is 0 Å². The van der Waals surface area contributed by atoms with Gasteiger partial charge in [0.15, 0.2) is 0 Å². The third kappa shape index (κ3) is 3.28. The molecule has 2 saturated heterocycles. The first-order valence-electron chi connectivity index (χ1n) is 9.26. The Hall–Kier alpha value is -2.18. The van der Waals surface area contributed by atoms with Crippen LogP contribution in [0.15, 0.2) is 36.4 Å². The van der Waals surface area contributed by atoms with Gasteiger partial charge in [0, 0.05) is 36.6 Å². The third-order valence-electron chi connectivity index (χ3n) is 5.89. The average Bonchev–Trinajstić information content (AvgIpc) is 3.24. The van der Waals surface area contributed by atoms with E-state index in [1.54, 1.807) is 4.90 Å². The molecule has 142 valence electrons. The summed E-state index contributed by atoms with van der Waals surface area (Å²) in [6, 6.07) is 12.0. The van der Waals surface area contributed by atoms with Crippen LogP contribution >= 0.6 is 11.3 Å². The minimum absolute atomic E-state index is 0.0557. The van der Waals surface area contributed by atoms with Crippen LogP contribution in [0.2, 0.25) is 0 Å². The summed E-state index contributed by atoms with van der Waals surface area (Å²) in [6.07, 6.45) is 1.40. The van der Waals surface area contributed by atoms with Crippen molar-refractivity contribution in [3.63, 3.8) is 0 Å². The number of carboxylic acids is 1. The maximum Gasteiger partial charge on any atom is 0.308 e. The number of nitrogens with zero attached hydrogens (tertiary/aromatic N) is 1. The van der Waals surface area contributed by atoms with Crippen molar-refractivity contribution in [1.29, 1.82) is 0 Å². The van der Waals surface area contributed by atoms with Gasteiger partial charge in [0.25, 0.3) is 5.91 Å². The zero-order valence-electron chi connectivity index (χ0n) is 15.3. The Morgan fingerprint density at radius 1 is 1.22 bits per heavy atom. The zero-order chi connectivity index (χ0) is 19.0. The topological polar surface area (TPSA) is 66.8 Å². The molecule has 2 aromatic rings. The van der Waals surface area contributed by atoms with Crippen LogP contribution in [-0.2, 0) is 9.53 Å². The number of benzene rings is 1. The van der Waals surface area contributed by atoms with Crippen molar-refractivity contribution >= 4 is 23.2 Å². The van der Waals surface area contributed by atoms with Crippen LogP contribution in [0, 0.1) is 18.3 Å². The minimum atomic E-state index is -0.806. The largest absolute Gasteiger partial charge is 0.481 e. The first-order valence-corrected chi connectivity index (χ1v) is 10.1. The molecule has 2 fully saturated rings. The lowest BCUT2D eigenvalue weighted by molar-refractivity contribution is -0.146. The quantitative estimate of drug-likeness (QED) is 0.875. The number of hydrogen-bond donors (Lipinski definition) is 1. The van der Waals surface area contributed by atoms with Gasteiger partial charge in [-0.05, 0) is 37.0 Å². The summed E-state index contributed by atoms with van der Waals surface area (Å²) in [5.41, 5.74) is 1.82. The van der Waals surface area contributed by atoms with Crippen molar-refractivity contribution in [2.75, 3.05) is 26.3 Å². The minimum Gasteiger partial charge on any atom is -0.481 e. The number of ether oxygens (including phenoxy) is 1. The first-order chi connectivity index (χ1) is 13.0. The monoisotopic (exact) mass is 385 g/mol. The second kappa shape index (κ2) is 7.09. The summed E-state index contributed by atoms with van der Waals surface area (Å²) in [6.45, 7) is 3.94. The van der Waals surface area contributed by atoms with Gasteiger partial charge in [-0.3, -0.25) is 9.59 Å². The summed E-state index contributed by atoms with van der Waals surface area (Å²) < 4.78 is 5.44. The number of aryl methyl sites for hydroxylation is 1. The Labute approximate surface area is 162 Å². The SMILES string of the molecule is Cc1cc(C(=O)N2CC(C(=O)O)C3(CCOCC3)C2)sc1-c1ccccc1. The van der Waals surface area contributed by atoms with Crippen molar-refractivity contribution in [1.82, 2.24) is 4.90 Å². The number of thiophene rings is 1. The Bertz CT molecular complexity index is 854. The number of likely N-dealkylation sites (tertiary alicyclic amines) is 1. The molecule has 5 nitrogen and oxygen atoms in total. The normalized spacial score (nSPS) is 21.5. The van der Waals surface area contributed by atoms with Gasteiger partial charge in [0.1, 0.15) is 0 Å². The van der Waals surface area contributed by atoms with E-state index in [4.69, 9.17) is 4.74 Å². The van der Waals surface area contributed by atoms with Gasteiger partial charge in [-0.25, -0.2) is 0 Å². The van der Waals surface area contributed by atoms with Crippen molar-refractivity contribution in [3.8, 4) is 10.4 Å². The number of rotatable bonds is 3. The smallest absolute Gasteiger partial charge is 0.308 e. The van der Waals surface area contributed by atoms with E-state index in [9.17, 15) is 14.7 Å². The molecular weight excluding hydrogens is 362 g/mol. The van der Waals surface area contributed by atoms with Gasteiger partial charge in [-0.15, -0.1) is 11.3 Å². The number of aliphatic carboxylic acids is 1. The van der Waals surface area contributed by atoms with Gasteiger partial charge < -0.3 is 14.7 Å². The van der Waals surface area contributed by atoms with Gasteiger partial charge in [-0.1, -0.05) is 30.3 Å². The van der Waals surface area contributed by atoms with Crippen LogP contribution in [0.3, 0.4) is 0 Å². The van der Waals surface area contributed by atoms with Crippen molar-refractivity contribution < 1.29 is 19.4 Å². The molecule has 0 saturated carbocycles. The molecule has 1 amide bonds. The van der Waals surface area contributed by atoms with Crippen molar-refractivity contribution in [2.45, 2.75) is 19.8 Å². The Balaban J connectivity index is 1.59. The zero-order valence-corrected chi connectivity index (χ0v) is 16.1. The molecule has 4 rings (SSSR count). The van der Waals surface area contributed by atoms with E-state index < -0.39 is 11.9 Å². The summed E-state index contributed by atoms with van der Waals surface area (Å²) >= 11 is 1.49. The van der Waals surface area contributed by atoms with Crippen LogP contribution in [-0.4, -0.2) is 48.2 Å². The fraction of sp³-hybridized carbons (Fsp3) is 0.429. The van der Waals surface area contributed by atoms with Crippen molar-refractivity contribution in [3.05, 3.63) is 46.8 Å². The van der Waals surface area contributed by atoms with Gasteiger partial charge >= 0.3 is 5.97 Å². The highest BCUT2D eigenvalue weighted by Crippen LogP contribution is 2.45. The lowest BCUT2D eigenvalue weighted by Crippen LogP contribution is -2.40. The average molecular weight is 385 g/mol. The van der Waals surface area contributed by atoms with Crippen LogP contribution in [0.25, 0.3) is 10.4 Å². The summed E-state index contributed by atoms with van der Waals surface area (Å²) in [5, 5.41) is 9.72. The molecule has 1 unspecified atom stereocenters. The molecule has 0 aliphatic carbocycles. The molecular formula is C21H23NO4S. The van der Waals surface area contributed by atoms with Crippen LogP contribution < -0.4 is 0 Å². The van der Waals surface area contributed by atoms with Gasteiger partial charge in [-0.2, -0.15) is 0 Å². The third-order valence-corrected chi connectivity index (χ3v) is 7.16. The molecule has 6 heteroatoms. The van der Waals surface area contributed by atoms with Crippen molar-refractivity contribution in [2.24, 2.45) is 11.3 Å². The Kier molecular flexibility index (Phi) is 4.78. The standard InChI is InChI=1S/C21H23NO4S/c1-14-11-17(27-18(14)15-5-3-2-4-6-15)19(23)22-12-16(20(24)25)21(13-22)7-9-26-10-8-21/h2-6,11,16H,7-10,12-13H2,1H3,(H,24,25). The number of carboxylic acid groups (broad SMARTS) is 1. The fourth-order valence-electron chi connectivity index (χ4n) is 4.37. The summed E-state index contributed by atoms with van der Waals surface area (Å²) in [7, 11) is 0. The number of carbonyl (C=O) groups excluding carboxylic acids is 1. The Morgan fingerprint density at radius 3 is 2.59 bits per heavy atom. The maximum absolute atomic E-state index is 13.2. The predicted octanol–water partition coefficient (Wildman–Crippen LogP) is 3.68. The van der Waals surface area contributed by atoms with E-state index in [1.807, 2.05) is 43.3 Å². The molecule has 1 N–H and O–H groups in total. The lowest BCUT2D eigenvalue weighted by Gasteiger charge is -2.36. The Morgan fingerprint density at radius 2 is 1.93 bits per heavy atom. The fourth-order valence-corrected chi connectivity index (χ4v) is 5.51. The lowest BCUT2D eigenvalue weighted by atomic mass is 9.72. The summed E-state index contributed by atoms with van der Waals surface area (Å²) in [4.78, 5) is 28.5. The van der Waals surface area contributed by atoms with Gasteiger partial charge in [0.2, 0.25) is 0 Å². The van der Waals surface area contributed by atoms with Crippen LogP contribution in [0.1, 0.15) is 28.1 Å². The highest BCUT2D eigenvalue weighted by molar-refractivity contribution is 7.17. The molecule has 1 atom stereocenters. The predicted molar refractivity (Wildman–Crippen MR) is 104 cm³/mol. The molecule has 2 aliphatic heterocycles. The second-order valence-electron chi connectivity index (χ2n) is 7.54. The van der Waals surface area contributed by atoms with E-state index in [1.165, 1.54) is 11.3 Å². The number of amides is 1. The highest BCUT2D eigenvalue weighted by atomic mass is 32.1. The second-order valence-corrected chi connectivity index (χ2v) is 8.59. The van der Waals surface area contributed by atoms with E-state index in [0.29, 0.717) is 37.5 Å². The first kappa shape index (κ1) is 18.2. The molecule has 3 heterocycles. The van der Waals surface area contributed by atoms with E-state index in [-0.39, 0.29) is 17.9 Å². The van der Waals surface area contributed by atoms with E-state index >= 15 is 0 Å². The molecule has 1 aromatic heterocycles. The van der Waals surface area contributed by atoms with Crippen LogP contribution in [0.5, 0.6) is 0 Å². The van der Waals surface area contributed by atoms with Crippen LogP contribution in [0.4, 0.5) is 0 Å². The number of hydrogen-bond acceptors (Lipinski definition) is 4. The molecule has 2 aliphatic rings. The highest BCUT2D eigenvalue weighted by Gasteiger charge is 2.52. The van der Waals surface area contributed by atoms with Gasteiger partial charge in [0.05, 0.1) is 10.8 Å². The molecule has 1 spiro atoms. The maximum atomic E-state index is 13.2. The molecule has 27 heavy (non-hydrogen) atoms.